The number of rotatable bonds is 4. The molecule has 1 heterocycles. The lowest BCUT2D eigenvalue weighted by molar-refractivity contribution is 0.579. The molecule has 0 aliphatic carbocycles. The maximum atomic E-state index is 11.8. The van der Waals surface area contributed by atoms with Gasteiger partial charge in [0.1, 0.15) is 5.01 Å². The first-order chi connectivity index (χ1) is 6.48. The van der Waals surface area contributed by atoms with Crippen molar-refractivity contribution in [2.45, 2.75) is 29.9 Å². The van der Waals surface area contributed by atoms with Gasteiger partial charge in [-0.05, 0) is 20.3 Å². The van der Waals surface area contributed by atoms with Gasteiger partial charge in [0, 0.05) is 5.88 Å². The first kappa shape index (κ1) is 11.9. The number of aryl methyl sites for hydroxylation is 1. The Hall–Kier alpha value is -0.200. The second-order valence-corrected chi connectivity index (χ2v) is 7.02. The fraction of sp³-hybridized carbons (Fsp3) is 0.714. The number of alkyl halides is 1. The molecule has 1 atom stereocenters. The molecule has 1 rings (SSSR count). The largest absolute Gasteiger partial charge is 0.232 e. The van der Waals surface area contributed by atoms with E-state index >= 15 is 0 Å². The predicted molar refractivity (Wildman–Crippen MR) is 56.6 cm³/mol. The van der Waals surface area contributed by atoms with E-state index in [2.05, 4.69) is 10.2 Å². The Morgan fingerprint density at radius 2 is 2.14 bits per heavy atom. The van der Waals surface area contributed by atoms with Crippen LogP contribution in [0.1, 0.15) is 18.4 Å². The molecule has 1 unspecified atom stereocenters. The second-order valence-electron chi connectivity index (χ2n) is 2.92. The second kappa shape index (κ2) is 4.55. The molecule has 0 fully saturated rings. The molecule has 0 aliphatic heterocycles. The van der Waals surface area contributed by atoms with E-state index in [-0.39, 0.29) is 4.34 Å². The Morgan fingerprint density at radius 3 is 2.57 bits per heavy atom. The number of nitrogens with zero attached hydrogens (tertiary/aromatic N) is 2. The average molecular weight is 255 g/mol. The van der Waals surface area contributed by atoms with Gasteiger partial charge in [0.25, 0.3) is 0 Å². The van der Waals surface area contributed by atoms with Crippen molar-refractivity contribution >= 4 is 32.8 Å². The molecule has 0 amide bonds. The number of halogens is 1. The van der Waals surface area contributed by atoms with E-state index in [1.807, 2.05) is 0 Å². The number of aromatic nitrogens is 2. The highest BCUT2D eigenvalue weighted by Gasteiger charge is 2.26. The summed E-state index contributed by atoms with van der Waals surface area (Å²) in [5.74, 6) is 0.332. The van der Waals surface area contributed by atoms with Crippen LogP contribution in [0.3, 0.4) is 0 Å². The molecule has 0 bridgehead atoms. The molecule has 0 aromatic carbocycles. The summed E-state index contributed by atoms with van der Waals surface area (Å²) in [7, 11) is -3.32. The lowest BCUT2D eigenvalue weighted by atomic mass is 10.4. The van der Waals surface area contributed by atoms with E-state index in [1.165, 1.54) is 0 Å². The van der Waals surface area contributed by atoms with Crippen molar-refractivity contribution in [2.75, 3.05) is 5.88 Å². The molecule has 14 heavy (non-hydrogen) atoms. The molecule has 0 aliphatic rings. The van der Waals surface area contributed by atoms with Crippen molar-refractivity contribution in [1.29, 1.82) is 0 Å². The molecule has 0 saturated heterocycles. The SMILES string of the molecule is Cc1nnc(S(=O)(=O)C(C)CCCl)s1. The van der Waals surface area contributed by atoms with Crippen molar-refractivity contribution < 1.29 is 8.42 Å². The van der Waals surface area contributed by atoms with Crippen LogP contribution in [-0.2, 0) is 9.84 Å². The summed E-state index contributed by atoms with van der Waals surface area (Å²) in [6, 6.07) is 0. The van der Waals surface area contributed by atoms with E-state index in [0.29, 0.717) is 17.3 Å². The van der Waals surface area contributed by atoms with Gasteiger partial charge in [-0.3, -0.25) is 0 Å². The molecule has 7 heteroatoms. The van der Waals surface area contributed by atoms with Gasteiger partial charge in [-0.1, -0.05) is 11.3 Å². The van der Waals surface area contributed by atoms with Crippen LogP contribution in [0.4, 0.5) is 0 Å². The van der Waals surface area contributed by atoms with Gasteiger partial charge in [0.15, 0.2) is 0 Å². The molecule has 0 spiro atoms. The van der Waals surface area contributed by atoms with Crippen LogP contribution in [0, 0.1) is 6.92 Å². The maximum absolute atomic E-state index is 11.8. The van der Waals surface area contributed by atoms with Crippen molar-refractivity contribution in [2.24, 2.45) is 0 Å². The molecule has 1 aromatic rings. The van der Waals surface area contributed by atoms with Crippen LogP contribution in [0.2, 0.25) is 0 Å². The summed E-state index contributed by atoms with van der Waals surface area (Å²) in [6.07, 6.45) is 0.433. The monoisotopic (exact) mass is 254 g/mol. The Labute approximate surface area is 92.2 Å². The molecule has 0 N–H and O–H groups in total. The molecular formula is C7H11ClN2O2S2. The molecule has 0 saturated carbocycles. The van der Waals surface area contributed by atoms with Crippen LogP contribution in [0.5, 0.6) is 0 Å². The van der Waals surface area contributed by atoms with Gasteiger partial charge in [-0.2, -0.15) is 0 Å². The standard InChI is InChI=1S/C7H11ClN2O2S2/c1-5(3-4-8)14(11,12)7-10-9-6(2)13-7/h5H,3-4H2,1-2H3. The van der Waals surface area contributed by atoms with Crippen molar-refractivity contribution in [1.82, 2.24) is 10.2 Å². The van der Waals surface area contributed by atoms with Gasteiger partial charge >= 0.3 is 0 Å². The summed E-state index contributed by atoms with van der Waals surface area (Å²) in [4.78, 5) is 0. The third-order valence-corrected chi connectivity index (χ3v) is 5.46. The van der Waals surface area contributed by atoms with Crippen molar-refractivity contribution in [3.05, 3.63) is 5.01 Å². The smallest absolute Gasteiger partial charge is 0.221 e. The topological polar surface area (TPSA) is 59.9 Å². The van der Waals surface area contributed by atoms with Gasteiger partial charge in [0.2, 0.25) is 14.2 Å². The van der Waals surface area contributed by atoms with Crippen molar-refractivity contribution in [3.63, 3.8) is 0 Å². The fourth-order valence-corrected chi connectivity index (χ4v) is 3.99. The quantitative estimate of drug-likeness (QED) is 0.767. The third-order valence-electron chi connectivity index (χ3n) is 1.80. The lowest BCUT2D eigenvalue weighted by Crippen LogP contribution is -2.18. The van der Waals surface area contributed by atoms with E-state index in [4.69, 9.17) is 11.6 Å². The van der Waals surface area contributed by atoms with Crippen LogP contribution < -0.4 is 0 Å². The van der Waals surface area contributed by atoms with Gasteiger partial charge in [0.05, 0.1) is 5.25 Å². The van der Waals surface area contributed by atoms with Gasteiger partial charge in [-0.25, -0.2) is 8.42 Å². The zero-order valence-corrected chi connectivity index (χ0v) is 10.3. The Kier molecular flexibility index (Phi) is 3.86. The number of sulfone groups is 1. The van der Waals surface area contributed by atoms with Crippen LogP contribution >= 0.6 is 22.9 Å². The maximum Gasteiger partial charge on any atom is 0.232 e. The van der Waals surface area contributed by atoms with Crippen LogP contribution in [-0.4, -0.2) is 29.7 Å². The highest BCUT2D eigenvalue weighted by atomic mass is 35.5. The van der Waals surface area contributed by atoms with E-state index in [9.17, 15) is 8.42 Å². The highest BCUT2D eigenvalue weighted by Crippen LogP contribution is 2.21. The normalized spacial score (nSPS) is 14.2. The zero-order valence-electron chi connectivity index (χ0n) is 7.90. The average Bonchev–Trinajstić information content (AvgIpc) is 2.52. The first-order valence-corrected chi connectivity index (χ1v) is 6.98. The molecular weight excluding hydrogens is 244 g/mol. The molecule has 4 nitrogen and oxygen atoms in total. The Balaban J connectivity index is 2.96. The van der Waals surface area contributed by atoms with Crippen LogP contribution in [0.15, 0.2) is 4.34 Å². The highest BCUT2D eigenvalue weighted by molar-refractivity contribution is 7.93. The molecule has 80 valence electrons. The summed E-state index contributed by atoms with van der Waals surface area (Å²) >= 11 is 6.59. The molecule has 0 radical (unpaired) electrons. The minimum absolute atomic E-state index is 0.0904. The van der Waals surface area contributed by atoms with E-state index in [1.54, 1.807) is 13.8 Å². The predicted octanol–water partition coefficient (Wildman–Crippen LogP) is 1.64. The lowest BCUT2D eigenvalue weighted by Gasteiger charge is -2.07. The Bertz CT molecular complexity index is 402. The zero-order chi connectivity index (χ0) is 10.8. The van der Waals surface area contributed by atoms with Gasteiger partial charge < -0.3 is 0 Å². The minimum Gasteiger partial charge on any atom is -0.221 e. The fourth-order valence-electron chi connectivity index (χ4n) is 0.874. The third kappa shape index (κ3) is 2.43. The first-order valence-electron chi connectivity index (χ1n) is 4.08. The minimum atomic E-state index is -3.32. The van der Waals surface area contributed by atoms with E-state index in [0.717, 1.165) is 11.3 Å². The van der Waals surface area contributed by atoms with Crippen LogP contribution in [0.25, 0.3) is 0 Å². The summed E-state index contributed by atoms with van der Waals surface area (Å²) in [6.45, 7) is 3.36. The van der Waals surface area contributed by atoms with E-state index < -0.39 is 15.1 Å². The summed E-state index contributed by atoms with van der Waals surface area (Å²) in [5, 5.41) is 7.47. The van der Waals surface area contributed by atoms with Gasteiger partial charge in [-0.15, -0.1) is 21.8 Å². The van der Waals surface area contributed by atoms with Crippen molar-refractivity contribution in [3.8, 4) is 0 Å². The summed E-state index contributed by atoms with van der Waals surface area (Å²) in [5.41, 5.74) is 0. The summed E-state index contributed by atoms with van der Waals surface area (Å²) < 4.78 is 23.7. The number of hydrogen-bond donors (Lipinski definition) is 0. The number of hydrogen-bond acceptors (Lipinski definition) is 5. The Morgan fingerprint density at radius 1 is 1.50 bits per heavy atom. The molecule has 1 aromatic heterocycles.